The van der Waals surface area contributed by atoms with E-state index in [4.69, 9.17) is 16.7 Å². The third-order valence-electron chi connectivity index (χ3n) is 2.80. The number of aromatic carboxylic acids is 1. The lowest BCUT2D eigenvalue weighted by molar-refractivity contribution is -0.115. The van der Waals surface area contributed by atoms with Gasteiger partial charge in [-0.1, -0.05) is 29.8 Å². The van der Waals surface area contributed by atoms with Crippen molar-refractivity contribution in [3.05, 3.63) is 64.4 Å². The number of carboxylic acid groups (broad SMARTS) is 1. The fraction of sp³-hybridized carbons (Fsp3) is 0.0667. The minimum atomic E-state index is -1.11. The van der Waals surface area contributed by atoms with Crippen LogP contribution in [0.2, 0.25) is 5.02 Å². The molecule has 0 aliphatic rings. The van der Waals surface area contributed by atoms with E-state index < -0.39 is 17.7 Å². The average Bonchev–Trinajstić information content (AvgIpc) is 2.43. The van der Waals surface area contributed by atoms with Crippen molar-refractivity contribution < 1.29 is 19.1 Å². The summed E-state index contributed by atoms with van der Waals surface area (Å²) in [6.45, 7) is 0. The van der Waals surface area contributed by atoms with Gasteiger partial charge in [0.15, 0.2) is 0 Å². The molecule has 21 heavy (non-hydrogen) atoms. The van der Waals surface area contributed by atoms with Crippen LogP contribution in [0.4, 0.5) is 10.1 Å². The number of carbonyl (C=O) groups excluding carboxylic acids is 1. The van der Waals surface area contributed by atoms with Crippen molar-refractivity contribution in [2.75, 3.05) is 5.32 Å². The topological polar surface area (TPSA) is 66.4 Å². The Morgan fingerprint density at radius 3 is 2.52 bits per heavy atom. The van der Waals surface area contributed by atoms with Crippen LogP contribution in [0.15, 0.2) is 42.5 Å². The number of carbonyl (C=O) groups is 2. The van der Waals surface area contributed by atoms with Gasteiger partial charge in [0.1, 0.15) is 5.82 Å². The summed E-state index contributed by atoms with van der Waals surface area (Å²) in [5, 5.41) is 11.4. The van der Waals surface area contributed by atoms with E-state index in [9.17, 15) is 14.0 Å². The fourth-order valence-corrected chi connectivity index (χ4v) is 1.99. The zero-order valence-electron chi connectivity index (χ0n) is 10.8. The lowest BCUT2D eigenvalue weighted by atomic mass is 10.1. The third-order valence-corrected chi connectivity index (χ3v) is 3.11. The molecule has 0 aliphatic carbocycles. The summed E-state index contributed by atoms with van der Waals surface area (Å²) in [6, 6.07) is 9.93. The van der Waals surface area contributed by atoms with Gasteiger partial charge in [-0.3, -0.25) is 4.79 Å². The maximum atomic E-state index is 13.4. The van der Waals surface area contributed by atoms with E-state index in [2.05, 4.69) is 5.32 Å². The maximum absolute atomic E-state index is 13.4. The second-order valence-corrected chi connectivity index (χ2v) is 4.72. The zero-order chi connectivity index (χ0) is 15.4. The number of amides is 1. The van der Waals surface area contributed by atoms with E-state index in [1.807, 2.05) is 0 Å². The molecule has 0 heterocycles. The molecule has 6 heteroatoms. The first-order valence-electron chi connectivity index (χ1n) is 6.03. The molecule has 0 fully saturated rings. The number of hydrogen-bond donors (Lipinski definition) is 2. The minimum Gasteiger partial charge on any atom is -0.478 e. The minimum absolute atomic E-state index is 0.0205. The third kappa shape index (κ3) is 3.79. The van der Waals surface area contributed by atoms with Crippen LogP contribution in [-0.2, 0) is 11.2 Å². The summed E-state index contributed by atoms with van der Waals surface area (Å²) in [5.41, 5.74) is 0.573. The smallest absolute Gasteiger partial charge is 0.335 e. The zero-order valence-corrected chi connectivity index (χ0v) is 11.5. The molecule has 0 spiro atoms. The Kier molecular flexibility index (Phi) is 4.55. The number of rotatable bonds is 4. The molecule has 2 aromatic rings. The molecule has 0 unspecified atom stereocenters. The van der Waals surface area contributed by atoms with Crippen molar-refractivity contribution in [3.63, 3.8) is 0 Å². The van der Waals surface area contributed by atoms with Gasteiger partial charge in [0.2, 0.25) is 5.91 Å². The van der Waals surface area contributed by atoms with Gasteiger partial charge in [0, 0.05) is 0 Å². The van der Waals surface area contributed by atoms with E-state index in [1.54, 1.807) is 6.07 Å². The number of nitrogens with one attached hydrogen (secondary N) is 1. The second kappa shape index (κ2) is 6.37. The summed E-state index contributed by atoms with van der Waals surface area (Å²) >= 11 is 5.90. The van der Waals surface area contributed by atoms with Crippen LogP contribution in [0.25, 0.3) is 0 Å². The highest BCUT2D eigenvalue weighted by Gasteiger charge is 2.11. The SMILES string of the molecule is O=C(Cc1ccccc1F)Nc1ccc(C(=O)O)cc1Cl. The molecule has 0 aliphatic heterocycles. The lowest BCUT2D eigenvalue weighted by Gasteiger charge is -2.08. The van der Waals surface area contributed by atoms with Gasteiger partial charge >= 0.3 is 5.97 Å². The molecule has 0 saturated carbocycles. The van der Waals surface area contributed by atoms with Gasteiger partial charge in [-0.2, -0.15) is 0 Å². The lowest BCUT2D eigenvalue weighted by Crippen LogP contribution is -2.15. The summed E-state index contributed by atoms with van der Waals surface area (Å²) in [5.74, 6) is -2.01. The molecule has 0 bridgehead atoms. The molecular weight excluding hydrogens is 297 g/mol. The van der Waals surface area contributed by atoms with Crippen LogP contribution < -0.4 is 5.32 Å². The number of benzene rings is 2. The van der Waals surface area contributed by atoms with E-state index >= 15 is 0 Å². The fourth-order valence-electron chi connectivity index (χ4n) is 1.76. The largest absolute Gasteiger partial charge is 0.478 e. The van der Waals surface area contributed by atoms with E-state index in [-0.39, 0.29) is 28.3 Å². The Morgan fingerprint density at radius 2 is 1.90 bits per heavy atom. The van der Waals surface area contributed by atoms with E-state index in [1.165, 1.54) is 36.4 Å². The van der Waals surface area contributed by atoms with Crippen LogP contribution in [0.1, 0.15) is 15.9 Å². The highest BCUT2D eigenvalue weighted by molar-refractivity contribution is 6.34. The number of anilines is 1. The summed E-state index contributed by atoms with van der Waals surface area (Å²) in [7, 11) is 0. The van der Waals surface area contributed by atoms with E-state index in [0.717, 1.165) is 0 Å². The van der Waals surface area contributed by atoms with Crippen LogP contribution in [0.3, 0.4) is 0 Å². The van der Waals surface area contributed by atoms with Gasteiger partial charge in [-0.15, -0.1) is 0 Å². The van der Waals surface area contributed by atoms with Gasteiger partial charge in [0.25, 0.3) is 0 Å². The van der Waals surface area contributed by atoms with Crippen molar-refractivity contribution in [3.8, 4) is 0 Å². The van der Waals surface area contributed by atoms with Crippen molar-refractivity contribution in [1.82, 2.24) is 0 Å². The first-order chi connectivity index (χ1) is 9.97. The Bertz CT molecular complexity index is 703. The van der Waals surface area contributed by atoms with Crippen LogP contribution >= 0.6 is 11.6 Å². The number of hydrogen-bond acceptors (Lipinski definition) is 2. The molecule has 4 nitrogen and oxygen atoms in total. The van der Waals surface area contributed by atoms with Crippen LogP contribution in [0, 0.1) is 5.82 Å². The van der Waals surface area contributed by atoms with Gasteiger partial charge < -0.3 is 10.4 Å². The second-order valence-electron chi connectivity index (χ2n) is 4.32. The molecule has 2 N–H and O–H groups in total. The van der Waals surface area contributed by atoms with Crippen LogP contribution in [0.5, 0.6) is 0 Å². The van der Waals surface area contributed by atoms with Crippen molar-refractivity contribution in [2.45, 2.75) is 6.42 Å². The summed E-state index contributed by atoms with van der Waals surface area (Å²) in [6.07, 6.45) is -0.135. The Labute approximate surface area is 125 Å². The summed E-state index contributed by atoms with van der Waals surface area (Å²) < 4.78 is 13.4. The Morgan fingerprint density at radius 1 is 1.19 bits per heavy atom. The van der Waals surface area contributed by atoms with Gasteiger partial charge in [0.05, 0.1) is 22.7 Å². The molecule has 0 saturated heterocycles. The molecule has 2 rings (SSSR count). The van der Waals surface area contributed by atoms with Crippen molar-refractivity contribution in [2.24, 2.45) is 0 Å². The van der Waals surface area contributed by atoms with E-state index in [0.29, 0.717) is 0 Å². The molecule has 0 aromatic heterocycles. The quantitative estimate of drug-likeness (QED) is 0.910. The molecule has 108 valence electrons. The van der Waals surface area contributed by atoms with Crippen molar-refractivity contribution >= 4 is 29.2 Å². The molecule has 0 atom stereocenters. The molecule has 2 aromatic carbocycles. The molecule has 0 radical (unpaired) electrons. The predicted molar refractivity (Wildman–Crippen MR) is 77.1 cm³/mol. The Balaban J connectivity index is 2.10. The molecule has 1 amide bonds. The van der Waals surface area contributed by atoms with Crippen molar-refractivity contribution in [1.29, 1.82) is 0 Å². The standard InChI is InChI=1S/C15H11ClFNO3/c16-11-7-10(15(20)21)5-6-13(11)18-14(19)8-9-3-1-2-4-12(9)17/h1-7H,8H2,(H,18,19)(H,20,21). The monoisotopic (exact) mass is 307 g/mol. The van der Waals surface area contributed by atoms with Crippen LogP contribution in [-0.4, -0.2) is 17.0 Å². The summed E-state index contributed by atoms with van der Waals surface area (Å²) in [4.78, 5) is 22.6. The van der Waals surface area contributed by atoms with Gasteiger partial charge in [-0.05, 0) is 29.8 Å². The Hall–Kier alpha value is -2.40. The first-order valence-corrected chi connectivity index (χ1v) is 6.41. The normalized spacial score (nSPS) is 10.2. The molecular formula is C15H11ClFNO3. The number of carboxylic acids is 1. The first kappa shape index (κ1) is 15.0. The predicted octanol–water partition coefficient (Wildman–Crippen LogP) is 3.36. The highest BCUT2D eigenvalue weighted by atomic mass is 35.5. The van der Waals surface area contributed by atoms with Gasteiger partial charge in [-0.25, -0.2) is 9.18 Å². The average molecular weight is 308 g/mol. The maximum Gasteiger partial charge on any atom is 0.335 e. The number of halogens is 2. The highest BCUT2D eigenvalue weighted by Crippen LogP contribution is 2.23.